The van der Waals surface area contributed by atoms with E-state index in [0.717, 1.165) is 12.8 Å². The molecule has 1 aromatic rings. The summed E-state index contributed by atoms with van der Waals surface area (Å²) in [7, 11) is 0. The fourth-order valence-corrected chi connectivity index (χ4v) is 3.73. The van der Waals surface area contributed by atoms with Crippen LogP contribution < -0.4 is 9.47 Å². The molecule has 0 aliphatic rings. The maximum atomic E-state index is 12.4. The molecule has 0 atom stereocenters. The van der Waals surface area contributed by atoms with E-state index in [1.54, 1.807) is 38.1 Å². The SMILES string of the molecule is C=C(C)C(=O)Oc1ccccc1OC(=O)C(C)=CCCCCCCCCCCCCCCCC. The summed E-state index contributed by atoms with van der Waals surface area (Å²) in [6.07, 6.45) is 21.5. The molecule has 0 bridgehead atoms. The summed E-state index contributed by atoms with van der Waals surface area (Å²) < 4.78 is 10.7. The predicted molar refractivity (Wildman–Crippen MR) is 141 cm³/mol. The molecule has 0 saturated heterocycles. The Labute approximate surface area is 207 Å². The zero-order valence-electron chi connectivity index (χ0n) is 21.8. The van der Waals surface area contributed by atoms with Crippen LogP contribution in [0, 0.1) is 0 Å². The number of carbonyl (C=O) groups is 2. The van der Waals surface area contributed by atoms with Gasteiger partial charge in [0.25, 0.3) is 0 Å². The lowest BCUT2D eigenvalue weighted by Gasteiger charge is -2.10. The highest BCUT2D eigenvalue weighted by Gasteiger charge is 2.14. The molecule has 0 heterocycles. The van der Waals surface area contributed by atoms with Crippen molar-refractivity contribution < 1.29 is 19.1 Å². The Bertz CT molecular complexity index is 763. The number of benzene rings is 1. The molecule has 4 nitrogen and oxygen atoms in total. The van der Waals surface area contributed by atoms with E-state index in [2.05, 4.69) is 13.5 Å². The van der Waals surface area contributed by atoms with Crippen LogP contribution in [0.25, 0.3) is 0 Å². The topological polar surface area (TPSA) is 52.6 Å². The normalized spacial score (nSPS) is 11.3. The van der Waals surface area contributed by atoms with Gasteiger partial charge in [0.2, 0.25) is 0 Å². The van der Waals surface area contributed by atoms with Crippen LogP contribution in [0.5, 0.6) is 11.5 Å². The lowest BCUT2D eigenvalue weighted by molar-refractivity contribution is -0.132. The van der Waals surface area contributed by atoms with E-state index in [1.807, 2.05) is 6.08 Å². The third-order valence-corrected chi connectivity index (χ3v) is 5.93. The minimum Gasteiger partial charge on any atom is -0.419 e. The van der Waals surface area contributed by atoms with Crippen molar-refractivity contribution in [2.75, 3.05) is 0 Å². The summed E-state index contributed by atoms with van der Waals surface area (Å²) in [6, 6.07) is 6.65. The fourth-order valence-electron chi connectivity index (χ4n) is 3.73. The lowest BCUT2D eigenvalue weighted by Crippen LogP contribution is -2.13. The first-order valence-electron chi connectivity index (χ1n) is 13.3. The smallest absolute Gasteiger partial charge is 0.338 e. The van der Waals surface area contributed by atoms with Gasteiger partial charge in [-0.2, -0.15) is 0 Å². The number of esters is 2. The molecule has 0 aliphatic heterocycles. The maximum Gasteiger partial charge on any atom is 0.338 e. The Morgan fingerprint density at radius 3 is 1.56 bits per heavy atom. The van der Waals surface area contributed by atoms with Crippen molar-refractivity contribution in [3.05, 3.63) is 48.1 Å². The van der Waals surface area contributed by atoms with Crippen LogP contribution >= 0.6 is 0 Å². The summed E-state index contributed by atoms with van der Waals surface area (Å²) in [5, 5.41) is 0. The molecule has 4 heteroatoms. The molecule has 0 spiro atoms. The first-order valence-corrected chi connectivity index (χ1v) is 13.3. The van der Waals surface area contributed by atoms with Gasteiger partial charge >= 0.3 is 11.9 Å². The minimum atomic E-state index is -0.548. The van der Waals surface area contributed by atoms with Crippen LogP contribution in [0.15, 0.2) is 48.1 Å². The minimum absolute atomic E-state index is 0.212. The second kappa shape index (κ2) is 19.0. The number of hydrogen-bond acceptors (Lipinski definition) is 4. The van der Waals surface area contributed by atoms with Crippen molar-refractivity contribution in [2.45, 2.75) is 117 Å². The molecule has 0 aliphatic carbocycles. The average molecular weight is 471 g/mol. The number of para-hydroxylation sites is 2. The molecule has 0 saturated carbocycles. The number of rotatable bonds is 19. The molecule has 0 fully saturated rings. The van der Waals surface area contributed by atoms with Crippen LogP contribution in [0.3, 0.4) is 0 Å². The van der Waals surface area contributed by atoms with Gasteiger partial charge in [0.1, 0.15) is 0 Å². The second-order valence-electron chi connectivity index (χ2n) is 9.28. The molecule has 0 N–H and O–H groups in total. The Kier molecular flexibility index (Phi) is 16.6. The van der Waals surface area contributed by atoms with Crippen LogP contribution in [0.1, 0.15) is 117 Å². The zero-order valence-corrected chi connectivity index (χ0v) is 21.8. The number of carbonyl (C=O) groups excluding carboxylic acids is 2. The van der Waals surface area contributed by atoms with Crippen LogP contribution in [-0.2, 0) is 9.59 Å². The van der Waals surface area contributed by atoms with Crippen molar-refractivity contribution in [1.29, 1.82) is 0 Å². The maximum absolute atomic E-state index is 12.4. The molecule has 0 unspecified atom stereocenters. The molecule has 0 aromatic heterocycles. The highest BCUT2D eigenvalue weighted by atomic mass is 16.6. The molecule has 1 aromatic carbocycles. The molecular weight excluding hydrogens is 424 g/mol. The summed E-state index contributed by atoms with van der Waals surface area (Å²) in [5.74, 6) is -0.535. The van der Waals surface area contributed by atoms with Gasteiger partial charge in [-0.15, -0.1) is 0 Å². The quantitative estimate of drug-likeness (QED) is 0.0876. The first kappa shape index (κ1) is 29.7. The number of hydrogen-bond donors (Lipinski definition) is 0. The van der Waals surface area contributed by atoms with Crippen molar-refractivity contribution >= 4 is 11.9 Å². The van der Waals surface area contributed by atoms with Crippen molar-refractivity contribution in [3.8, 4) is 11.5 Å². The Morgan fingerprint density at radius 1 is 0.706 bits per heavy atom. The van der Waals surface area contributed by atoms with Crippen LogP contribution in [0.2, 0.25) is 0 Å². The monoisotopic (exact) mass is 470 g/mol. The summed E-state index contributed by atoms with van der Waals surface area (Å²) >= 11 is 0. The first-order chi connectivity index (χ1) is 16.5. The van der Waals surface area contributed by atoms with E-state index >= 15 is 0 Å². The van der Waals surface area contributed by atoms with E-state index < -0.39 is 11.9 Å². The van der Waals surface area contributed by atoms with Gasteiger partial charge < -0.3 is 9.47 Å². The third kappa shape index (κ3) is 14.0. The van der Waals surface area contributed by atoms with Gasteiger partial charge in [-0.1, -0.05) is 115 Å². The van der Waals surface area contributed by atoms with E-state index in [4.69, 9.17) is 9.47 Å². The van der Waals surface area contributed by atoms with Gasteiger partial charge in [-0.05, 0) is 38.8 Å². The molecule has 0 amide bonds. The Morgan fingerprint density at radius 2 is 1.12 bits per heavy atom. The summed E-state index contributed by atoms with van der Waals surface area (Å²) in [5.41, 5.74) is 0.848. The molecule has 1 rings (SSSR count). The molecular formula is C30H46O4. The highest BCUT2D eigenvalue weighted by molar-refractivity contribution is 5.91. The fraction of sp³-hybridized carbons (Fsp3) is 0.600. The zero-order chi connectivity index (χ0) is 25.0. The largest absolute Gasteiger partial charge is 0.419 e. The van der Waals surface area contributed by atoms with E-state index in [9.17, 15) is 9.59 Å². The lowest BCUT2D eigenvalue weighted by atomic mass is 10.0. The van der Waals surface area contributed by atoms with Gasteiger partial charge in [0.15, 0.2) is 11.5 Å². The molecule has 34 heavy (non-hydrogen) atoms. The van der Waals surface area contributed by atoms with Crippen LogP contribution in [-0.4, -0.2) is 11.9 Å². The Hall–Kier alpha value is -2.36. The van der Waals surface area contributed by atoms with Gasteiger partial charge in [0, 0.05) is 11.1 Å². The third-order valence-electron chi connectivity index (χ3n) is 5.93. The number of ether oxygens (including phenoxy) is 2. The molecule has 190 valence electrons. The van der Waals surface area contributed by atoms with E-state index in [0.29, 0.717) is 5.57 Å². The standard InChI is InChI=1S/C30H46O4/c1-5-6-7-8-9-10-11-12-13-14-15-16-17-18-19-22-26(4)30(32)34-28-24-21-20-23-27(28)33-29(31)25(2)3/h20-24H,2,5-19H2,1,3-4H3. The summed E-state index contributed by atoms with van der Waals surface area (Å²) in [6.45, 7) is 9.17. The Balaban J connectivity index is 2.15. The van der Waals surface area contributed by atoms with Crippen molar-refractivity contribution in [2.24, 2.45) is 0 Å². The van der Waals surface area contributed by atoms with Gasteiger partial charge in [-0.25, -0.2) is 9.59 Å². The van der Waals surface area contributed by atoms with Crippen molar-refractivity contribution in [3.63, 3.8) is 0 Å². The second-order valence-corrected chi connectivity index (χ2v) is 9.28. The van der Waals surface area contributed by atoms with Crippen LogP contribution in [0.4, 0.5) is 0 Å². The number of unbranched alkanes of at least 4 members (excludes halogenated alkanes) is 14. The average Bonchev–Trinajstić information content (AvgIpc) is 2.82. The van der Waals surface area contributed by atoms with E-state index in [-0.39, 0.29) is 17.1 Å². The van der Waals surface area contributed by atoms with Crippen molar-refractivity contribution in [1.82, 2.24) is 0 Å². The number of allylic oxidation sites excluding steroid dienone is 1. The van der Waals surface area contributed by atoms with E-state index in [1.165, 1.54) is 83.5 Å². The molecule has 0 radical (unpaired) electrons. The highest BCUT2D eigenvalue weighted by Crippen LogP contribution is 2.28. The van der Waals surface area contributed by atoms with Gasteiger partial charge in [-0.3, -0.25) is 0 Å². The van der Waals surface area contributed by atoms with Gasteiger partial charge in [0.05, 0.1) is 0 Å². The summed E-state index contributed by atoms with van der Waals surface area (Å²) in [4.78, 5) is 24.2. The predicted octanol–water partition coefficient (Wildman–Crippen LogP) is 8.89.